The van der Waals surface area contributed by atoms with Crippen LogP contribution in [0.25, 0.3) is 0 Å². The van der Waals surface area contributed by atoms with Gasteiger partial charge in [0.15, 0.2) is 0 Å². The van der Waals surface area contributed by atoms with E-state index in [1.165, 1.54) is 22.3 Å². The van der Waals surface area contributed by atoms with Crippen molar-refractivity contribution in [1.29, 1.82) is 0 Å². The van der Waals surface area contributed by atoms with Gasteiger partial charge in [-0.3, -0.25) is 0 Å². The Morgan fingerprint density at radius 1 is 1.00 bits per heavy atom. The van der Waals surface area contributed by atoms with E-state index in [2.05, 4.69) is 109 Å². The first-order chi connectivity index (χ1) is 16.5. The molecular weight excluding hydrogens is 607 g/mol. The molecule has 4 nitrogen and oxygen atoms in total. The fourth-order valence-electron chi connectivity index (χ4n) is 4.45. The normalized spacial score (nSPS) is 15.0. The van der Waals surface area contributed by atoms with Gasteiger partial charge in [0.25, 0.3) is 0 Å². The summed E-state index contributed by atoms with van der Waals surface area (Å²) in [4.78, 5) is 21.7. The Morgan fingerprint density at radius 3 is 2.15 bits per heavy atom. The topological polar surface area (TPSA) is 35.9 Å². The van der Waals surface area contributed by atoms with Crippen molar-refractivity contribution in [2.75, 3.05) is 20.1 Å². The van der Waals surface area contributed by atoms with Crippen molar-refractivity contribution in [3.63, 3.8) is 0 Å². The molecule has 0 unspecified atom stereocenters. The van der Waals surface area contributed by atoms with Crippen molar-refractivity contribution < 1.29 is 30.9 Å². The predicted octanol–water partition coefficient (Wildman–Crippen LogP) is 5.28. The number of hydrogen-bond donors (Lipinski definition) is 0. The van der Waals surface area contributed by atoms with E-state index < -0.39 is 0 Å². The summed E-state index contributed by atoms with van der Waals surface area (Å²) in [6.07, 6.45) is 1.81. The Morgan fingerprint density at radius 2 is 1.59 bits per heavy atom. The van der Waals surface area contributed by atoms with Crippen LogP contribution in [0.3, 0.4) is 0 Å². The molecule has 0 aliphatic carbocycles. The third kappa shape index (κ3) is 6.11. The second-order valence-electron chi connectivity index (χ2n) is 8.90. The minimum absolute atomic E-state index is 0.0977. The molecule has 0 bridgehead atoms. The zero-order valence-electron chi connectivity index (χ0n) is 20.0. The van der Waals surface area contributed by atoms with Gasteiger partial charge in [-0.15, -0.1) is 0 Å². The number of aryl methyl sites for hydroxylation is 1. The zero-order chi connectivity index (χ0) is 23.9. The Labute approximate surface area is 219 Å². The van der Waals surface area contributed by atoms with Crippen molar-refractivity contribution in [3.05, 3.63) is 118 Å². The van der Waals surface area contributed by atoms with Crippen LogP contribution in [0, 0.1) is 6.92 Å². The molecule has 3 aromatic carbocycles. The van der Waals surface area contributed by atoms with Gasteiger partial charge >= 0.3 is 220 Å². The van der Waals surface area contributed by atoms with Crippen LogP contribution in [0.5, 0.6) is 0 Å². The molecule has 0 amide bonds. The first-order valence-corrected chi connectivity index (χ1v) is 14.5. The fraction of sp³-hybridized carbons (Fsp3) is 0.241. The molecule has 1 heterocycles. The molecule has 0 N–H and O–H groups in total. The van der Waals surface area contributed by atoms with Crippen molar-refractivity contribution in [3.8, 4) is 0 Å². The van der Waals surface area contributed by atoms with E-state index in [4.69, 9.17) is 4.99 Å². The Balaban J connectivity index is 1.56. The van der Waals surface area contributed by atoms with Crippen LogP contribution in [0.4, 0.5) is 0 Å². The number of carbonyl (C=O) groups is 1. The number of hydrogen-bond acceptors (Lipinski definition) is 3. The van der Waals surface area contributed by atoms with Crippen LogP contribution in [0.2, 0.25) is 0 Å². The van der Waals surface area contributed by atoms with Crippen LogP contribution >= 0.6 is 0 Å². The van der Waals surface area contributed by atoms with Crippen LogP contribution in [-0.2, 0) is 37.5 Å². The maximum absolute atomic E-state index is 12.0. The van der Waals surface area contributed by atoms with E-state index in [0.717, 1.165) is 40.4 Å². The number of benzene rings is 3. The first-order valence-electron chi connectivity index (χ1n) is 11.7. The van der Waals surface area contributed by atoms with Gasteiger partial charge in [0.2, 0.25) is 0 Å². The number of carbonyl (C=O) groups excluding carboxylic acids is 1. The third-order valence-electron chi connectivity index (χ3n) is 6.39. The molecule has 169 valence electrons. The van der Waals surface area contributed by atoms with Gasteiger partial charge in [-0.25, -0.2) is 0 Å². The molecule has 1 aliphatic rings. The Bertz CT molecular complexity index is 1120. The molecule has 0 fully saturated rings. The second kappa shape index (κ2) is 11.7. The van der Waals surface area contributed by atoms with Gasteiger partial charge in [0.05, 0.1) is 0 Å². The molecule has 0 saturated heterocycles. The van der Waals surface area contributed by atoms with E-state index in [1.54, 1.807) is 0 Å². The van der Waals surface area contributed by atoms with Crippen LogP contribution in [0.1, 0.15) is 34.7 Å². The van der Waals surface area contributed by atoms with Crippen LogP contribution in [-0.4, -0.2) is 39.6 Å². The summed E-state index contributed by atoms with van der Waals surface area (Å²) in [5.41, 5.74) is 6.79. The van der Waals surface area contributed by atoms with Gasteiger partial charge in [0, 0.05) is 0 Å². The van der Waals surface area contributed by atoms with Gasteiger partial charge in [-0.1, -0.05) is 0 Å². The van der Waals surface area contributed by atoms with E-state index >= 15 is 0 Å². The maximum atomic E-state index is 12.0. The van der Waals surface area contributed by atoms with Crippen molar-refractivity contribution in [1.82, 2.24) is 9.80 Å². The number of amidine groups is 1. The average Bonchev–Trinajstić information content (AvgIpc) is 2.87. The summed E-state index contributed by atoms with van der Waals surface area (Å²) in [7, 11) is 2.13. The molecule has 1 aliphatic heterocycles. The summed E-state index contributed by atoms with van der Waals surface area (Å²) in [5.74, 6) is 0. The molecule has 0 spiro atoms. The van der Waals surface area contributed by atoms with Gasteiger partial charge < -0.3 is 0 Å². The summed E-state index contributed by atoms with van der Waals surface area (Å²) in [5, 5.41) is 0. The van der Waals surface area contributed by atoms with E-state index in [9.17, 15) is 4.79 Å². The summed E-state index contributed by atoms with van der Waals surface area (Å²) < 4.78 is 1.10. The van der Waals surface area contributed by atoms with Crippen molar-refractivity contribution >= 4 is 9.63 Å². The van der Waals surface area contributed by atoms with Crippen molar-refractivity contribution in [2.24, 2.45) is 4.99 Å². The summed E-state index contributed by atoms with van der Waals surface area (Å²) >= 11 is 0.288. The third-order valence-corrected chi connectivity index (χ3v) is 8.94. The fourth-order valence-corrected chi connectivity index (χ4v) is 5.90. The molecule has 0 saturated carbocycles. The van der Waals surface area contributed by atoms with Gasteiger partial charge in [-0.05, 0) is 0 Å². The number of rotatable bonds is 7. The Hall–Kier alpha value is -2.56. The molecule has 0 radical (unpaired) electrons. The molecular formula is C29H30HgN3O. The van der Waals surface area contributed by atoms with Crippen molar-refractivity contribution in [2.45, 2.75) is 25.9 Å². The SMILES string of the molecule is Cc1ccc(CN2CCC(N=[C]([Hg])N(C)C(c3ccccc3)c3ccccc3)=C(C=O)C2)cc1. The van der Waals surface area contributed by atoms with E-state index in [0.29, 0.717) is 6.54 Å². The summed E-state index contributed by atoms with van der Waals surface area (Å²) in [6.45, 7) is 4.53. The standard InChI is InChI=1S/C29H30N3O.Hg/c1-23-13-15-24(16-14-23)19-32-18-17-28(27(20-32)21-33)30-22-31(2)29(25-9-5-3-6-10-25)26-11-7-4-8-12-26;/h3-16,21,29H,17-20H2,1-2H3;. The number of aldehydes is 1. The molecule has 5 heteroatoms. The van der Waals surface area contributed by atoms with Gasteiger partial charge in [-0.2, -0.15) is 0 Å². The van der Waals surface area contributed by atoms with Crippen LogP contribution in [0.15, 0.2) is 101 Å². The molecule has 3 aromatic rings. The van der Waals surface area contributed by atoms with E-state index in [-0.39, 0.29) is 32.2 Å². The van der Waals surface area contributed by atoms with Gasteiger partial charge in [0.1, 0.15) is 0 Å². The quantitative estimate of drug-likeness (QED) is 0.153. The molecule has 0 aromatic heterocycles. The molecule has 4 rings (SSSR count). The second-order valence-corrected chi connectivity index (χ2v) is 11.4. The molecule has 0 atom stereocenters. The zero-order valence-corrected chi connectivity index (χ0v) is 25.5. The monoisotopic (exact) mass is 638 g/mol. The summed E-state index contributed by atoms with van der Waals surface area (Å²) in [6, 6.07) is 29.9. The average molecular weight is 637 g/mol. The molecule has 34 heavy (non-hydrogen) atoms. The number of nitrogens with zero attached hydrogens (tertiary/aromatic N) is 3. The number of aliphatic imine (C=N–C) groups is 1. The Kier molecular flexibility index (Phi) is 8.46. The minimum atomic E-state index is 0.0977. The predicted molar refractivity (Wildman–Crippen MR) is 134 cm³/mol. The van der Waals surface area contributed by atoms with Crippen LogP contribution < -0.4 is 0 Å². The first kappa shape index (κ1) is 24.6. The van der Waals surface area contributed by atoms with E-state index in [1.807, 2.05) is 0 Å².